The molecule has 0 amide bonds. The zero-order valence-electron chi connectivity index (χ0n) is 21.2. The average Bonchev–Trinajstić information content (AvgIpc) is 3.33. The Kier molecular flexibility index (Phi) is 7.06. The molecule has 2 heterocycles. The highest BCUT2D eigenvalue weighted by molar-refractivity contribution is 6.32. The van der Waals surface area contributed by atoms with Crippen LogP contribution < -0.4 is 9.47 Å². The van der Waals surface area contributed by atoms with Gasteiger partial charge in [0, 0.05) is 29.3 Å². The van der Waals surface area contributed by atoms with Crippen molar-refractivity contribution in [2.24, 2.45) is 5.92 Å². The van der Waals surface area contributed by atoms with E-state index in [0.717, 1.165) is 35.9 Å². The van der Waals surface area contributed by atoms with E-state index in [1.807, 2.05) is 31.2 Å². The van der Waals surface area contributed by atoms with Gasteiger partial charge in [0.25, 0.3) is 0 Å². The predicted molar refractivity (Wildman–Crippen MR) is 144 cm³/mol. The molecule has 5 rings (SSSR count). The third kappa shape index (κ3) is 5.00. The second-order valence-corrected chi connectivity index (χ2v) is 10.5. The number of allylic oxidation sites excluding steroid dienone is 1. The lowest BCUT2D eigenvalue weighted by molar-refractivity contribution is 0.169. The molecule has 194 valence electrons. The first-order valence-electron chi connectivity index (χ1n) is 12.6. The Labute approximate surface area is 221 Å². The molecular formula is C30H31ClFNO4. The number of phenols is 2. The van der Waals surface area contributed by atoms with Crippen LogP contribution in [0.3, 0.4) is 0 Å². The van der Waals surface area contributed by atoms with E-state index in [0.29, 0.717) is 29.5 Å². The number of halogens is 2. The van der Waals surface area contributed by atoms with E-state index in [1.165, 1.54) is 12.5 Å². The van der Waals surface area contributed by atoms with Crippen LogP contribution in [0.25, 0.3) is 11.1 Å². The number of benzene rings is 3. The topological polar surface area (TPSA) is 62.2 Å². The van der Waals surface area contributed by atoms with Gasteiger partial charge in [-0.05, 0) is 86.3 Å². The van der Waals surface area contributed by atoms with Crippen molar-refractivity contribution in [2.75, 3.05) is 19.7 Å². The molecule has 2 aliphatic heterocycles. The van der Waals surface area contributed by atoms with Crippen LogP contribution in [0.15, 0.2) is 54.6 Å². The molecule has 3 unspecified atom stereocenters. The van der Waals surface area contributed by atoms with Gasteiger partial charge in [-0.3, -0.25) is 4.90 Å². The van der Waals surface area contributed by atoms with Crippen molar-refractivity contribution in [2.45, 2.75) is 39.3 Å². The molecule has 0 aliphatic carbocycles. The number of hydrogen-bond acceptors (Lipinski definition) is 5. The largest absolute Gasteiger partial charge is 0.508 e. The highest BCUT2D eigenvalue weighted by Crippen LogP contribution is 2.49. The van der Waals surface area contributed by atoms with Crippen LogP contribution in [0.5, 0.6) is 23.0 Å². The summed E-state index contributed by atoms with van der Waals surface area (Å²) in [6.07, 6.45) is 0.580. The fourth-order valence-electron chi connectivity index (χ4n) is 5.20. The molecule has 0 spiro atoms. The molecule has 1 saturated heterocycles. The Morgan fingerprint density at radius 1 is 1.11 bits per heavy atom. The van der Waals surface area contributed by atoms with Crippen molar-refractivity contribution in [1.29, 1.82) is 0 Å². The number of likely N-dealkylation sites (tertiary alicyclic amines) is 1. The van der Waals surface area contributed by atoms with Crippen molar-refractivity contribution in [3.05, 3.63) is 82.1 Å². The number of nitrogens with zero attached hydrogens (tertiary/aromatic N) is 1. The Hall–Kier alpha value is -3.22. The lowest BCUT2D eigenvalue weighted by Crippen LogP contribution is -2.35. The monoisotopic (exact) mass is 523 g/mol. The normalized spacial score (nSPS) is 20.5. The van der Waals surface area contributed by atoms with E-state index < -0.39 is 17.7 Å². The third-order valence-corrected chi connectivity index (χ3v) is 7.69. The predicted octanol–water partition coefficient (Wildman–Crippen LogP) is 7.06. The number of hydrogen-bond donors (Lipinski definition) is 2. The molecule has 3 aromatic rings. The minimum atomic E-state index is -0.816. The number of fused-ring (bicyclic) bond motifs is 1. The average molecular weight is 524 g/mol. The van der Waals surface area contributed by atoms with Crippen molar-refractivity contribution < 1.29 is 24.1 Å². The van der Waals surface area contributed by atoms with Crippen molar-refractivity contribution in [3.63, 3.8) is 0 Å². The summed E-state index contributed by atoms with van der Waals surface area (Å²) in [7, 11) is 0. The number of ether oxygens (including phenoxy) is 2. The number of rotatable bonds is 6. The molecule has 0 saturated carbocycles. The molecule has 0 radical (unpaired) electrons. The highest BCUT2D eigenvalue weighted by Gasteiger charge is 2.32. The summed E-state index contributed by atoms with van der Waals surface area (Å²) in [5.41, 5.74) is 2.93. The smallest absolute Gasteiger partial charge is 0.174 e. The minimum absolute atomic E-state index is 0.0649. The molecule has 5 nitrogen and oxygen atoms in total. The van der Waals surface area contributed by atoms with Gasteiger partial charge in [-0.25, -0.2) is 4.39 Å². The van der Waals surface area contributed by atoms with Crippen LogP contribution in [0, 0.1) is 11.7 Å². The fraction of sp³-hybridized carbons (Fsp3) is 0.333. The lowest BCUT2D eigenvalue weighted by atomic mass is 9.85. The summed E-state index contributed by atoms with van der Waals surface area (Å²) >= 11 is 5.95. The van der Waals surface area contributed by atoms with Crippen LogP contribution in [-0.2, 0) is 0 Å². The van der Waals surface area contributed by atoms with Crippen molar-refractivity contribution in [1.82, 2.24) is 4.90 Å². The van der Waals surface area contributed by atoms with E-state index >= 15 is 4.39 Å². The van der Waals surface area contributed by atoms with E-state index in [9.17, 15) is 10.2 Å². The zero-order chi connectivity index (χ0) is 26.3. The highest BCUT2D eigenvalue weighted by atomic mass is 35.5. The first-order chi connectivity index (χ1) is 17.7. The molecule has 2 aliphatic rings. The van der Waals surface area contributed by atoms with Crippen LogP contribution in [-0.4, -0.2) is 40.9 Å². The maximum Gasteiger partial charge on any atom is 0.174 e. The summed E-state index contributed by atoms with van der Waals surface area (Å²) in [6, 6.07) is 15.8. The Bertz CT molecular complexity index is 1340. The Balaban J connectivity index is 1.45. The fourth-order valence-corrected chi connectivity index (χ4v) is 5.34. The standard InChI is InChI=1S/C30H31ClFNO4/c1-17-12-13-33(15-17)18(2)16-36-22-7-4-20(5-8-22)30-27(23-9-10-25(31)29(35)28(23)32)19(3)24-14-21(34)6-11-26(24)37-30/h4-11,14,17-18,30,34-35H,12-13,15-16H2,1-3H3. The summed E-state index contributed by atoms with van der Waals surface area (Å²) in [5.74, 6) is 0.718. The van der Waals surface area contributed by atoms with Gasteiger partial charge in [0.15, 0.2) is 11.6 Å². The van der Waals surface area contributed by atoms with Crippen molar-refractivity contribution in [3.8, 4) is 23.0 Å². The van der Waals surface area contributed by atoms with E-state index in [1.54, 1.807) is 24.3 Å². The molecule has 3 aromatic carbocycles. The molecular weight excluding hydrogens is 493 g/mol. The first-order valence-corrected chi connectivity index (χ1v) is 13.0. The van der Waals surface area contributed by atoms with Gasteiger partial charge in [0.1, 0.15) is 30.0 Å². The molecule has 0 aromatic heterocycles. The van der Waals surface area contributed by atoms with Gasteiger partial charge < -0.3 is 19.7 Å². The van der Waals surface area contributed by atoms with E-state index in [2.05, 4.69) is 18.7 Å². The maximum atomic E-state index is 15.3. The van der Waals surface area contributed by atoms with Gasteiger partial charge in [0.05, 0.1) is 5.02 Å². The lowest BCUT2D eigenvalue weighted by Gasteiger charge is -2.31. The van der Waals surface area contributed by atoms with Crippen LogP contribution in [0.1, 0.15) is 50.0 Å². The summed E-state index contributed by atoms with van der Waals surface area (Å²) in [5, 5.41) is 20.2. The molecule has 0 bridgehead atoms. The molecule has 1 fully saturated rings. The van der Waals surface area contributed by atoms with Gasteiger partial charge in [-0.1, -0.05) is 30.7 Å². The van der Waals surface area contributed by atoms with E-state index in [4.69, 9.17) is 21.1 Å². The first kappa shape index (κ1) is 25.4. The molecule has 7 heteroatoms. The maximum absolute atomic E-state index is 15.3. The molecule has 3 atom stereocenters. The second-order valence-electron chi connectivity index (χ2n) is 10.1. The zero-order valence-corrected chi connectivity index (χ0v) is 21.9. The molecule has 37 heavy (non-hydrogen) atoms. The second kappa shape index (κ2) is 10.3. The Morgan fingerprint density at radius 2 is 1.86 bits per heavy atom. The van der Waals surface area contributed by atoms with Crippen LogP contribution >= 0.6 is 11.6 Å². The number of phenolic OH excluding ortho intramolecular Hbond substituents is 2. The quantitative estimate of drug-likeness (QED) is 0.362. The number of aromatic hydroxyl groups is 2. The molecule has 2 N–H and O–H groups in total. The third-order valence-electron chi connectivity index (χ3n) is 7.39. The van der Waals surface area contributed by atoms with Gasteiger partial charge in [-0.2, -0.15) is 0 Å². The summed E-state index contributed by atoms with van der Waals surface area (Å²) in [6.45, 7) is 9.13. The van der Waals surface area contributed by atoms with E-state index in [-0.39, 0.29) is 16.3 Å². The summed E-state index contributed by atoms with van der Waals surface area (Å²) in [4.78, 5) is 2.46. The minimum Gasteiger partial charge on any atom is -0.508 e. The Morgan fingerprint density at radius 3 is 2.57 bits per heavy atom. The van der Waals surface area contributed by atoms with Gasteiger partial charge in [-0.15, -0.1) is 0 Å². The van der Waals surface area contributed by atoms with Crippen molar-refractivity contribution >= 4 is 22.7 Å². The van der Waals surface area contributed by atoms with Gasteiger partial charge in [0.2, 0.25) is 0 Å². The summed E-state index contributed by atoms with van der Waals surface area (Å²) < 4.78 is 27.7. The van der Waals surface area contributed by atoms with Crippen LogP contribution in [0.2, 0.25) is 5.02 Å². The SMILES string of the molecule is CC1=C(c2ccc(Cl)c(O)c2F)C(c2ccc(OCC(C)N3CCC(C)C3)cc2)Oc2ccc(O)cc21. The van der Waals surface area contributed by atoms with Gasteiger partial charge >= 0.3 is 0 Å². The van der Waals surface area contributed by atoms with Crippen LogP contribution in [0.4, 0.5) is 4.39 Å².